The van der Waals surface area contributed by atoms with Crippen LogP contribution in [-0.2, 0) is 14.8 Å². The molecule has 1 aromatic rings. The molecule has 2 rings (SSSR count). The Balaban J connectivity index is 2.32. The Morgan fingerprint density at radius 2 is 2.05 bits per heavy atom. The standard InChI is InChI=1S/C14H20N2O4S/c1-8-6-11(7-13(9(8)2)21(15,18)19)14(17)16-12-4-5-20-10(12)3/h6-7,10,12H,4-5H2,1-3H3,(H,16,17)(H2,15,18,19). The third-order valence-electron chi connectivity index (χ3n) is 3.88. The van der Waals surface area contributed by atoms with E-state index in [-0.39, 0.29) is 22.9 Å². The van der Waals surface area contributed by atoms with Gasteiger partial charge in [0, 0.05) is 12.2 Å². The first kappa shape index (κ1) is 15.9. The fraction of sp³-hybridized carbons (Fsp3) is 0.500. The fourth-order valence-corrected chi connectivity index (χ4v) is 3.31. The first-order valence-corrected chi connectivity index (χ1v) is 8.31. The zero-order valence-electron chi connectivity index (χ0n) is 12.3. The lowest BCUT2D eigenvalue weighted by Gasteiger charge is -2.17. The fourth-order valence-electron chi connectivity index (χ4n) is 2.43. The number of hydrogen-bond donors (Lipinski definition) is 2. The minimum absolute atomic E-state index is 0.0108. The van der Waals surface area contributed by atoms with Gasteiger partial charge in [-0.2, -0.15) is 0 Å². The molecular weight excluding hydrogens is 292 g/mol. The van der Waals surface area contributed by atoms with E-state index in [0.29, 0.717) is 23.3 Å². The molecule has 0 aliphatic carbocycles. The predicted molar refractivity (Wildman–Crippen MR) is 78.6 cm³/mol. The highest BCUT2D eigenvalue weighted by Crippen LogP contribution is 2.21. The van der Waals surface area contributed by atoms with E-state index in [2.05, 4.69) is 5.32 Å². The van der Waals surface area contributed by atoms with Gasteiger partial charge >= 0.3 is 0 Å². The molecule has 2 atom stereocenters. The molecule has 21 heavy (non-hydrogen) atoms. The van der Waals surface area contributed by atoms with E-state index in [4.69, 9.17) is 9.88 Å². The number of ether oxygens (including phenoxy) is 1. The Hall–Kier alpha value is -1.44. The number of benzene rings is 1. The van der Waals surface area contributed by atoms with Gasteiger partial charge in [0.05, 0.1) is 17.0 Å². The van der Waals surface area contributed by atoms with Crippen LogP contribution in [0.15, 0.2) is 17.0 Å². The van der Waals surface area contributed by atoms with Crippen molar-refractivity contribution in [2.24, 2.45) is 5.14 Å². The molecule has 1 fully saturated rings. The van der Waals surface area contributed by atoms with Crippen molar-refractivity contribution in [2.75, 3.05) is 6.61 Å². The molecule has 1 amide bonds. The summed E-state index contributed by atoms with van der Waals surface area (Å²) in [6.07, 6.45) is 0.706. The second-order valence-corrected chi connectivity index (χ2v) is 6.94. The number of carbonyl (C=O) groups is 1. The highest BCUT2D eigenvalue weighted by Gasteiger charge is 2.26. The Morgan fingerprint density at radius 1 is 1.38 bits per heavy atom. The van der Waals surface area contributed by atoms with Crippen LogP contribution in [-0.4, -0.2) is 33.1 Å². The van der Waals surface area contributed by atoms with Crippen LogP contribution < -0.4 is 10.5 Å². The topological polar surface area (TPSA) is 98.5 Å². The number of nitrogens with one attached hydrogen (secondary N) is 1. The van der Waals surface area contributed by atoms with E-state index in [0.717, 1.165) is 6.42 Å². The summed E-state index contributed by atoms with van der Waals surface area (Å²) in [5.74, 6) is -0.314. The van der Waals surface area contributed by atoms with Crippen LogP contribution in [0.3, 0.4) is 0 Å². The van der Waals surface area contributed by atoms with Gasteiger partial charge in [0.25, 0.3) is 5.91 Å². The van der Waals surface area contributed by atoms with Crippen molar-refractivity contribution < 1.29 is 17.9 Å². The van der Waals surface area contributed by atoms with Gasteiger partial charge in [-0.05, 0) is 50.5 Å². The summed E-state index contributed by atoms with van der Waals surface area (Å²) in [5, 5.41) is 8.07. The molecule has 6 nitrogen and oxygen atoms in total. The molecule has 0 spiro atoms. The number of hydrogen-bond acceptors (Lipinski definition) is 4. The lowest BCUT2D eigenvalue weighted by atomic mass is 10.0. The molecule has 116 valence electrons. The van der Waals surface area contributed by atoms with Crippen LogP contribution in [0.4, 0.5) is 0 Å². The van der Waals surface area contributed by atoms with Crippen molar-refractivity contribution >= 4 is 15.9 Å². The zero-order chi connectivity index (χ0) is 15.8. The zero-order valence-corrected chi connectivity index (χ0v) is 13.2. The Kier molecular flexibility index (Phi) is 4.36. The first-order valence-electron chi connectivity index (χ1n) is 6.76. The summed E-state index contributed by atoms with van der Waals surface area (Å²) < 4.78 is 28.6. The summed E-state index contributed by atoms with van der Waals surface area (Å²) in [7, 11) is -3.85. The molecule has 7 heteroatoms. The van der Waals surface area contributed by atoms with E-state index in [1.807, 2.05) is 6.92 Å². The molecule has 0 saturated carbocycles. The SMILES string of the molecule is Cc1cc(C(=O)NC2CCOC2C)cc(S(N)(=O)=O)c1C. The third-order valence-corrected chi connectivity index (χ3v) is 4.92. The number of aryl methyl sites for hydroxylation is 1. The monoisotopic (exact) mass is 312 g/mol. The molecule has 2 unspecified atom stereocenters. The highest BCUT2D eigenvalue weighted by molar-refractivity contribution is 7.89. The number of nitrogens with two attached hydrogens (primary N) is 1. The minimum atomic E-state index is -3.85. The summed E-state index contributed by atoms with van der Waals surface area (Å²) in [6, 6.07) is 2.94. The van der Waals surface area contributed by atoms with Crippen LogP contribution in [0, 0.1) is 13.8 Å². The second kappa shape index (κ2) is 5.75. The van der Waals surface area contributed by atoms with Gasteiger partial charge in [-0.25, -0.2) is 13.6 Å². The molecule has 3 N–H and O–H groups in total. The van der Waals surface area contributed by atoms with Gasteiger partial charge in [-0.3, -0.25) is 4.79 Å². The van der Waals surface area contributed by atoms with Crippen molar-refractivity contribution in [1.82, 2.24) is 5.32 Å². The van der Waals surface area contributed by atoms with Crippen molar-refractivity contribution in [3.63, 3.8) is 0 Å². The van der Waals surface area contributed by atoms with Crippen molar-refractivity contribution in [3.05, 3.63) is 28.8 Å². The van der Waals surface area contributed by atoms with E-state index in [1.54, 1.807) is 19.9 Å². The van der Waals surface area contributed by atoms with Crippen LogP contribution in [0.2, 0.25) is 0 Å². The van der Waals surface area contributed by atoms with Crippen molar-refractivity contribution in [1.29, 1.82) is 0 Å². The summed E-state index contributed by atoms with van der Waals surface area (Å²) in [6.45, 7) is 5.93. The minimum Gasteiger partial charge on any atom is -0.376 e. The smallest absolute Gasteiger partial charge is 0.251 e. The van der Waals surface area contributed by atoms with Gasteiger partial charge in [-0.1, -0.05) is 0 Å². The predicted octanol–water partition coefficient (Wildman–Crippen LogP) is 0.858. The van der Waals surface area contributed by atoms with E-state index in [9.17, 15) is 13.2 Å². The number of rotatable bonds is 3. The quantitative estimate of drug-likeness (QED) is 0.864. The van der Waals surface area contributed by atoms with Crippen LogP contribution in [0.5, 0.6) is 0 Å². The molecule has 0 bridgehead atoms. The van der Waals surface area contributed by atoms with Gasteiger partial charge in [0.1, 0.15) is 0 Å². The van der Waals surface area contributed by atoms with Gasteiger partial charge in [0.2, 0.25) is 10.0 Å². The number of amides is 1. The van der Waals surface area contributed by atoms with Crippen LogP contribution in [0.25, 0.3) is 0 Å². The second-order valence-electron chi connectivity index (χ2n) is 5.41. The Labute approximate surface area is 124 Å². The molecule has 1 aliphatic heterocycles. The molecule has 1 saturated heterocycles. The van der Waals surface area contributed by atoms with Crippen molar-refractivity contribution in [2.45, 2.75) is 44.2 Å². The summed E-state index contributed by atoms with van der Waals surface area (Å²) in [5.41, 5.74) is 1.57. The average Bonchev–Trinajstić information content (AvgIpc) is 2.76. The van der Waals surface area contributed by atoms with Crippen LogP contribution >= 0.6 is 0 Å². The van der Waals surface area contributed by atoms with Gasteiger partial charge < -0.3 is 10.1 Å². The molecule has 0 aromatic heterocycles. The summed E-state index contributed by atoms with van der Waals surface area (Å²) >= 11 is 0. The number of carbonyl (C=O) groups excluding carboxylic acids is 1. The maximum atomic E-state index is 12.3. The first-order chi connectivity index (χ1) is 9.70. The number of sulfonamides is 1. The molecule has 1 aliphatic rings. The van der Waals surface area contributed by atoms with E-state index >= 15 is 0 Å². The van der Waals surface area contributed by atoms with E-state index < -0.39 is 10.0 Å². The van der Waals surface area contributed by atoms with Crippen molar-refractivity contribution in [3.8, 4) is 0 Å². The number of primary sulfonamides is 1. The maximum Gasteiger partial charge on any atom is 0.251 e. The third kappa shape index (κ3) is 3.42. The van der Waals surface area contributed by atoms with Gasteiger partial charge in [-0.15, -0.1) is 0 Å². The lowest BCUT2D eigenvalue weighted by Crippen LogP contribution is -2.39. The highest BCUT2D eigenvalue weighted by atomic mass is 32.2. The normalized spacial score (nSPS) is 22.3. The largest absolute Gasteiger partial charge is 0.376 e. The van der Waals surface area contributed by atoms with E-state index in [1.165, 1.54) is 6.07 Å². The molecule has 0 radical (unpaired) electrons. The molecule has 1 aromatic carbocycles. The maximum absolute atomic E-state index is 12.3. The Bertz CT molecular complexity index is 670. The molecule has 1 heterocycles. The van der Waals surface area contributed by atoms with Crippen LogP contribution in [0.1, 0.15) is 34.8 Å². The average molecular weight is 312 g/mol. The Morgan fingerprint density at radius 3 is 2.57 bits per heavy atom. The van der Waals surface area contributed by atoms with Gasteiger partial charge in [0.15, 0.2) is 0 Å². The molecular formula is C14H20N2O4S. The summed E-state index contributed by atoms with van der Waals surface area (Å²) in [4.78, 5) is 12.3. The lowest BCUT2D eigenvalue weighted by molar-refractivity contribution is 0.0866.